The van der Waals surface area contributed by atoms with Gasteiger partial charge in [0.05, 0.1) is 17.1 Å². The number of nitrogens with zero attached hydrogens (tertiary/aromatic N) is 3. The van der Waals surface area contributed by atoms with Crippen LogP contribution in [-0.2, 0) is 23.8 Å². The number of aromatic carboxylic acids is 2. The van der Waals surface area contributed by atoms with Gasteiger partial charge in [-0.1, -0.05) is 41.2 Å². The Hall–Kier alpha value is -3.99. The number of hydrogen-bond donors (Lipinski definition) is 1. The number of carbonyl (C=O) groups is 5. The maximum atomic E-state index is 11.6. The number of carbonyl (C=O) groups excluding carboxylic acids is 4. The van der Waals surface area contributed by atoms with Crippen LogP contribution in [0.5, 0.6) is 0 Å². The normalized spacial score (nSPS) is 9.13. The minimum atomic E-state index is -1.14. The molecule has 0 aromatic heterocycles. The van der Waals surface area contributed by atoms with E-state index in [1.165, 1.54) is 12.1 Å². The summed E-state index contributed by atoms with van der Waals surface area (Å²) in [4.78, 5) is 59.2. The molecule has 52 heavy (non-hydrogen) atoms. The summed E-state index contributed by atoms with van der Waals surface area (Å²) in [6.45, 7) is 6.93. The van der Waals surface area contributed by atoms with Gasteiger partial charge in [0.1, 0.15) is 19.8 Å². The van der Waals surface area contributed by atoms with Crippen LogP contribution in [0.15, 0.2) is 98.1 Å². The Balaban J connectivity index is 0. The molecule has 0 saturated heterocycles. The van der Waals surface area contributed by atoms with E-state index >= 15 is 0 Å². The van der Waals surface area contributed by atoms with E-state index in [0.717, 1.165) is 29.2 Å². The van der Waals surface area contributed by atoms with Gasteiger partial charge in [-0.05, 0) is 66.2 Å². The van der Waals surface area contributed by atoms with Crippen LogP contribution in [0, 0.1) is 0 Å². The molecule has 0 aliphatic rings. The van der Waals surface area contributed by atoms with E-state index in [9.17, 15) is 29.1 Å². The molecule has 0 radical (unpaired) electrons. The van der Waals surface area contributed by atoms with Gasteiger partial charge in [-0.15, -0.1) is 0 Å². The van der Waals surface area contributed by atoms with Crippen LogP contribution in [-0.4, -0.2) is 102 Å². The smallest absolute Gasteiger partial charge is 0.545 e. The molecule has 0 aliphatic heterocycles. The van der Waals surface area contributed by atoms with Gasteiger partial charge in [0.2, 0.25) is 0 Å². The molecule has 13 nitrogen and oxygen atoms in total. The van der Waals surface area contributed by atoms with Crippen molar-refractivity contribution in [3.63, 3.8) is 0 Å². The Labute approximate surface area is 356 Å². The number of rotatable bonds is 13. The van der Waals surface area contributed by atoms with Gasteiger partial charge in [0.15, 0.2) is 0 Å². The van der Waals surface area contributed by atoms with Crippen LogP contribution in [0.2, 0.25) is 0 Å². The van der Waals surface area contributed by atoms with Crippen molar-refractivity contribution < 1.29 is 99.8 Å². The van der Waals surface area contributed by atoms with Crippen molar-refractivity contribution in [2.75, 3.05) is 82.1 Å². The number of carboxylic acid groups (broad SMARTS) is 2. The van der Waals surface area contributed by atoms with Crippen molar-refractivity contribution in [3.05, 3.63) is 115 Å². The molecule has 0 bridgehead atoms. The Morgan fingerprint density at radius 1 is 0.615 bits per heavy atom. The average Bonchev–Trinajstić information content (AvgIpc) is 3.12. The molecule has 1 N–H and O–H groups in total. The van der Waals surface area contributed by atoms with Gasteiger partial charge in [-0.25, -0.2) is 19.2 Å². The van der Waals surface area contributed by atoms with Crippen LogP contribution in [0.3, 0.4) is 0 Å². The first kappa shape index (κ1) is 50.1. The number of ether oxygens (including phenoxy) is 3. The summed E-state index contributed by atoms with van der Waals surface area (Å²) >= 11 is 3.10. The van der Waals surface area contributed by atoms with Gasteiger partial charge in [0.25, 0.3) is 0 Å². The number of carboxylic acids is 2. The van der Waals surface area contributed by atoms with Crippen molar-refractivity contribution in [3.8, 4) is 0 Å². The zero-order valence-corrected chi connectivity index (χ0v) is 35.4. The predicted octanol–water partition coefficient (Wildman–Crippen LogP) is 1.32. The number of alkyl halides is 1. The van der Waals surface area contributed by atoms with E-state index in [2.05, 4.69) is 38.6 Å². The third-order valence-electron chi connectivity index (χ3n) is 6.09. The molecule has 0 unspecified atom stereocenters. The van der Waals surface area contributed by atoms with Crippen molar-refractivity contribution in [2.45, 2.75) is 0 Å². The minimum absolute atomic E-state index is 0. The molecule has 0 heterocycles. The van der Waals surface area contributed by atoms with E-state index in [1.807, 2.05) is 69.1 Å². The zero-order valence-electron chi connectivity index (χ0n) is 30.7. The fourth-order valence-electron chi connectivity index (χ4n) is 3.31. The maximum absolute atomic E-state index is 11.6. The fourth-order valence-corrected chi connectivity index (χ4v) is 3.47. The first-order valence-corrected chi connectivity index (χ1v) is 16.3. The monoisotopic (exact) mass is 809 g/mol. The molecule has 0 saturated carbocycles. The van der Waals surface area contributed by atoms with E-state index < -0.39 is 23.9 Å². The molecule has 3 aromatic rings. The Morgan fingerprint density at radius 3 is 1.25 bits per heavy atom. The van der Waals surface area contributed by atoms with Gasteiger partial charge in [0, 0.05) is 76.8 Å². The van der Waals surface area contributed by atoms with E-state index in [4.69, 9.17) is 9.84 Å². The van der Waals surface area contributed by atoms with Crippen molar-refractivity contribution in [1.29, 1.82) is 0 Å². The fraction of sp³-hybridized carbons (Fsp3) is 0.270. The molecule has 0 fully saturated rings. The first-order chi connectivity index (χ1) is 24.1. The second-order valence-corrected chi connectivity index (χ2v) is 11.3. The van der Waals surface area contributed by atoms with Gasteiger partial charge in [-0.2, -0.15) is 0 Å². The van der Waals surface area contributed by atoms with Gasteiger partial charge < -0.3 is 43.9 Å². The molecule has 0 amide bonds. The number of hydrogen-bond acceptors (Lipinski definition) is 12. The van der Waals surface area contributed by atoms with E-state index in [1.54, 1.807) is 48.5 Å². The average molecular weight is 811 g/mol. The van der Waals surface area contributed by atoms with Gasteiger partial charge >= 0.3 is 75.3 Å². The molecule has 3 rings (SSSR count). The molecule has 0 spiro atoms. The molecule has 276 valence electrons. The summed E-state index contributed by atoms with van der Waals surface area (Å²) < 4.78 is 14.2. The van der Waals surface area contributed by atoms with E-state index in [0.29, 0.717) is 23.1 Å². The van der Waals surface area contributed by atoms with E-state index in [-0.39, 0.29) is 76.1 Å². The number of benzene rings is 3. The summed E-state index contributed by atoms with van der Waals surface area (Å²) in [5.41, 5.74) is 3.96. The van der Waals surface area contributed by atoms with Crippen molar-refractivity contribution in [1.82, 2.24) is 0 Å². The number of halogens is 1. The topological polar surface area (TPSA) is 166 Å². The summed E-state index contributed by atoms with van der Waals surface area (Å²) in [7, 11) is 11.5. The minimum Gasteiger partial charge on any atom is -0.545 e. The van der Waals surface area contributed by atoms with Crippen LogP contribution in [0.1, 0.15) is 31.1 Å². The SMILES string of the molecule is C=CC(=O)OCCBr.C=CC(=O)OCCOC(=O)c1ccc(N(C)C)cc1.CN(C)c1ccc(C(=O)O)cc1.CN(C)c1ccc(C(=O)[O-])cc1.[K+]. The van der Waals surface area contributed by atoms with Crippen LogP contribution < -0.4 is 71.2 Å². The van der Waals surface area contributed by atoms with Crippen LogP contribution in [0.4, 0.5) is 17.1 Å². The summed E-state index contributed by atoms with van der Waals surface area (Å²) in [5, 5.41) is 19.6. The third kappa shape index (κ3) is 22.1. The summed E-state index contributed by atoms with van der Waals surface area (Å²) in [6.07, 6.45) is 2.20. The quantitative estimate of drug-likeness (QED) is 0.0657. The predicted molar refractivity (Wildman–Crippen MR) is 200 cm³/mol. The second-order valence-electron chi connectivity index (χ2n) is 10.5. The Bertz CT molecular complexity index is 1490. The second kappa shape index (κ2) is 28.6. The summed E-state index contributed by atoms with van der Waals surface area (Å²) in [6, 6.07) is 20.3. The van der Waals surface area contributed by atoms with Crippen LogP contribution in [0.25, 0.3) is 0 Å². The molecular weight excluding hydrogens is 765 g/mol. The summed E-state index contributed by atoms with van der Waals surface area (Å²) in [5.74, 6) is -3.38. The molecule has 3 aromatic carbocycles. The standard InChI is InChI=1S/C14H17NO4.2C9H11NO2.C5H7BrO2.K/c1-4-13(16)18-9-10-19-14(17)11-5-7-12(8-6-11)15(2)3;2*1-10(2)8-5-3-7(4-6-8)9(11)12;1-2-5(7)8-4-3-6;/h4-8H,1,9-10H2,2-3H3;2*3-6H,1-2H3,(H,11,12);2H,1,3-4H2;/q;;;;+1/p-1. The third-order valence-corrected chi connectivity index (χ3v) is 6.41. The molecule has 15 heteroatoms. The molecule has 0 aliphatic carbocycles. The number of esters is 3. The Kier molecular flexibility index (Phi) is 27.5. The maximum Gasteiger partial charge on any atom is 1.00 e. The largest absolute Gasteiger partial charge is 1.00 e. The van der Waals surface area contributed by atoms with Gasteiger partial charge in [-0.3, -0.25) is 0 Å². The molecular formula is C37H45BrKN3O10. The van der Waals surface area contributed by atoms with Crippen molar-refractivity contribution in [2.24, 2.45) is 0 Å². The zero-order chi connectivity index (χ0) is 38.9. The van der Waals surface area contributed by atoms with Crippen molar-refractivity contribution >= 4 is 62.8 Å². The Morgan fingerprint density at radius 2 is 0.942 bits per heavy atom. The number of anilines is 3. The molecule has 0 atom stereocenters. The van der Waals surface area contributed by atoms with Crippen LogP contribution >= 0.6 is 15.9 Å². The first-order valence-electron chi connectivity index (χ1n) is 15.2.